The molecule has 3 atom stereocenters. The number of nitrogens with one attached hydrogen (secondary N) is 1. The van der Waals surface area contributed by atoms with E-state index in [9.17, 15) is 10.5 Å². The Kier molecular flexibility index (Phi) is 3.67. The van der Waals surface area contributed by atoms with Crippen molar-refractivity contribution in [3.8, 4) is 23.3 Å². The van der Waals surface area contributed by atoms with Crippen molar-refractivity contribution < 1.29 is 14.5 Å². The molecule has 1 fully saturated rings. The summed E-state index contributed by atoms with van der Waals surface area (Å²) in [5.74, 6) is -1.32. The number of nitrogens with zero attached hydrogens (tertiary/aromatic N) is 2. The fraction of sp³-hybridized carbons (Fsp3) is 0.318. The lowest BCUT2D eigenvalue weighted by molar-refractivity contribution is -0.688. The molecule has 2 aromatic carbocycles. The highest BCUT2D eigenvalue weighted by atomic mass is 16.7. The second-order valence-corrected chi connectivity index (χ2v) is 7.36. The highest BCUT2D eigenvalue weighted by Crippen LogP contribution is 2.82. The molecule has 0 radical (unpaired) electrons. The Morgan fingerprint density at radius 3 is 1.96 bits per heavy atom. The summed E-state index contributed by atoms with van der Waals surface area (Å²) in [7, 11) is 2.88. The minimum Gasteiger partial charge on any atom is -0.317 e. The summed E-state index contributed by atoms with van der Waals surface area (Å²) in [6, 6.07) is 22.5. The van der Waals surface area contributed by atoms with Crippen LogP contribution in [0.15, 0.2) is 54.6 Å². The maximum atomic E-state index is 10.2. The zero-order chi connectivity index (χ0) is 20.2. The Bertz CT molecular complexity index is 1050. The van der Waals surface area contributed by atoms with Gasteiger partial charge in [-0.1, -0.05) is 61.5 Å². The van der Waals surface area contributed by atoms with E-state index in [0.29, 0.717) is 0 Å². The highest BCUT2D eigenvalue weighted by molar-refractivity contribution is 5.97. The molecule has 0 saturated heterocycles. The van der Waals surface area contributed by atoms with Crippen LogP contribution in [0.4, 0.5) is 0 Å². The van der Waals surface area contributed by atoms with Crippen LogP contribution in [-0.2, 0) is 14.9 Å². The third-order valence-electron chi connectivity index (χ3n) is 6.68. The molecule has 1 aliphatic carbocycles. The molecule has 0 bridgehead atoms. The number of amidine groups is 1. The number of fused-ring (bicyclic) bond motifs is 1. The molecular weight excluding hydrogens is 352 g/mol. The fourth-order valence-electron chi connectivity index (χ4n) is 5.21. The molecule has 1 heterocycles. The standard InChI is InChI=1S/C22H20N4O2/c1-19(17-11-9-16(10-12-17)15-7-5-4-6-8-15)20(13-23)18(25)26-22(27-2,28-3)21(19,20)14-24/h4-12H,1-3H3,(H2,25,26)/p+1/t19-,20-,21+/m0/s1. The molecule has 0 unspecified atom stereocenters. The van der Waals surface area contributed by atoms with E-state index in [1.807, 2.05) is 61.5 Å². The zero-order valence-electron chi connectivity index (χ0n) is 16.0. The third kappa shape index (κ3) is 1.62. The molecule has 28 heavy (non-hydrogen) atoms. The molecule has 6 heteroatoms. The number of hydrogen-bond donors (Lipinski definition) is 2. The van der Waals surface area contributed by atoms with Gasteiger partial charge in [0.1, 0.15) is 0 Å². The molecule has 6 nitrogen and oxygen atoms in total. The first-order valence-electron chi connectivity index (χ1n) is 8.94. The lowest BCUT2D eigenvalue weighted by atomic mass is 9.84. The molecule has 1 saturated carbocycles. The van der Waals surface area contributed by atoms with Crippen LogP contribution in [-0.4, -0.2) is 26.0 Å². The van der Waals surface area contributed by atoms with Crippen LogP contribution in [0.1, 0.15) is 12.5 Å². The van der Waals surface area contributed by atoms with Gasteiger partial charge < -0.3 is 9.47 Å². The predicted molar refractivity (Wildman–Crippen MR) is 102 cm³/mol. The number of nitrogens with two attached hydrogens (primary N) is 1. The first-order valence-corrected chi connectivity index (χ1v) is 8.94. The molecule has 4 rings (SSSR count). The number of ether oxygens (including phenoxy) is 2. The van der Waals surface area contributed by atoms with Crippen molar-refractivity contribution in [1.82, 2.24) is 0 Å². The monoisotopic (exact) mass is 373 g/mol. The minimum absolute atomic E-state index is 0.190. The second-order valence-electron chi connectivity index (χ2n) is 7.36. The van der Waals surface area contributed by atoms with Crippen molar-refractivity contribution in [1.29, 1.82) is 10.5 Å². The summed E-state index contributed by atoms with van der Waals surface area (Å²) in [4.78, 5) is 2.92. The Balaban J connectivity index is 1.88. The summed E-state index contributed by atoms with van der Waals surface area (Å²) in [5.41, 5.74) is 5.73. The fourth-order valence-corrected chi connectivity index (χ4v) is 5.21. The molecule has 3 N–H and O–H groups in total. The van der Waals surface area contributed by atoms with Gasteiger partial charge in [-0.2, -0.15) is 10.5 Å². The lowest BCUT2D eigenvalue weighted by Crippen LogP contribution is -2.91. The molecular formula is C22H21N4O2+. The first-order chi connectivity index (χ1) is 13.4. The normalized spacial score (nSPS) is 32.0. The van der Waals surface area contributed by atoms with Gasteiger partial charge in [-0.15, -0.1) is 0 Å². The summed E-state index contributed by atoms with van der Waals surface area (Å²) in [6.45, 7) is 1.87. The second kappa shape index (κ2) is 5.65. The largest absolute Gasteiger partial charge is 0.343 e. The van der Waals surface area contributed by atoms with E-state index in [0.717, 1.165) is 16.7 Å². The number of benzene rings is 2. The number of methoxy groups -OCH3 is 2. The Morgan fingerprint density at radius 1 is 0.893 bits per heavy atom. The van der Waals surface area contributed by atoms with Crippen molar-refractivity contribution in [2.45, 2.75) is 18.2 Å². The van der Waals surface area contributed by atoms with Crippen LogP contribution in [0.3, 0.4) is 0 Å². The van der Waals surface area contributed by atoms with Gasteiger partial charge in [0.2, 0.25) is 0 Å². The highest BCUT2D eigenvalue weighted by Gasteiger charge is 3.02. The first kappa shape index (κ1) is 18.2. The van der Waals surface area contributed by atoms with Gasteiger partial charge in [-0.3, -0.25) is 5.73 Å². The molecule has 0 aromatic heterocycles. The van der Waals surface area contributed by atoms with Crippen LogP contribution in [0, 0.1) is 33.5 Å². The van der Waals surface area contributed by atoms with E-state index in [2.05, 4.69) is 17.1 Å². The van der Waals surface area contributed by atoms with Crippen molar-refractivity contribution in [2.75, 3.05) is 14.2 Å². The molecule has 0 amide bonds. The maximum absolute atomic E-state index is 10.2. The van der Waals surface area contributed by atoms with Crippen molar-refractivity contribution in [3.05, 3.63) is 60.2 Å². The van der Waals surface area contributed by atoms with Gasteiger partial charge in [-0.05, 0) is 16.7 Å². The smallest absolute Gasteiger partial charge is 0.317 e. The molecule has 1 aliphatic heterocycles. The Labute approximate surface area is 163 Å². The predicted octanol–water partition coefficient (Wildman–Crippen LogP) is 1.04. The molecule has 2 aromatic rings. The molecule has 0 spiro atoms. The summed E-state index contributed by atoms with van der Waals surface area (Å²) in [6.07, 6.45) is 0. The van der Waals surface area contributed by atoms with Gasteiger partial charge in [0.05, 0.1) is 17.6 Å². The lowest BCUT2D eigenvalue weighted by Gasteiger charge is -2.30. The van der Waals surface area contributed by atoms with Crippen molar-refractivity contribution >= 4 is 5.84 Å². The zero-order valence-corrected chi connectivity index (χ0v) is 16.0. The minimum atomic E-state index is -1.51. The van der Waals surface area contributed by atoms with E-state index in [1.54, 1.807) is 0 Å². The van der Waals surface area contributed by atoms with E-state index in [1.165, 1.54) is 14.2 Å². The SMILES string of the molecule is COC1(OC)[NH+]=C(N)[C@@]2(C#N)[C@](C)(c3ccc(-c4ccccc4)cc3)[C@@]12C#N. The van der Waals surface area contributed by atoms with Gasteiger partial charge in [0.25, 0.3) is 5.84 Å². The van der Waals surface area contributed by atoms with Crippen LogP contribution in [0.25, 0.3) is 11.1 Å². The van der Waals surface area contributed by atoms with Crippen LogP contribution in [0.5, 0.6) is 0 Å². The Hall–Kier alpha value is -3.19. The van der Waals surface area contributed by atoms with E-state index in [-0.39, 0.29) is 5.84 Å². The van der Waals surface area contributed by atoms with E-state index >= 15 is 0 Å². The Morgan fingerprint density at radius 2 is 1.46 bits per heavy atom. The number of rotatable bonds is 4. The van der Waals surface area contributed by atoms with Gasteiger partial charge in [0, 0.05) is 14.2 Å². The van der Waals surface area contributed by atoms with E-state index < -0.39 is 22.2 Å². The van der Waals surface area contributed by atoms with Crippen LogP contribution in [0.2, 0.25) is 0 Å². The average Bonchev–Trinajstić information content (AvgIpc) is 3.17. The van der Waals surface area contributed by atoms with Gasteiger partial charge in [0.15, 0.2) is 10.8 Å². The maximum Gasteiger partial charge on any atom is 0.343 e. The van der Waals surface area contributed by atoms with Gasteiger partial charge in [-0.25, -0.2) is 4.99 Å². The van der Waals surface area contributed by atoms with Gasteiger partial charge >= 0.3 is 5.91 Å². The summed E-state index contributed by atoms with van der Waals surface area (Å²) < 4.78 is 11.2. The average molecular weight is 373 g/mol. The molecule has 2 aliphatic rings. The van der Waals surface area contributed by atoms with Crippen LogP contribution >= 0.6 is 0 Å². The van der Waals surface area contributed by atoms with Crippen LogP contribution < -0.4 is 10.7 Å². The quantitative estimate of drug-likeness (QED) is 0.779. The molecule has 140 valence electrons. The summed E-state index contributed by atoms with van der Waals surface area (Å²) >= 11 is 0. The third-order valence-corrected chi connectivity index (χ3v) is 6.68. The van der Waals surface area contributed by atoms with Crippen molar-refractivity contribution in [3.63, 3.8) is 0 Å². The van der Waals surface area contributed by atoms with E-state index in [4.69, 9.17) is 15.2 Å². The van der Waals surface area contributed by atoms with Crippen molar-refractivity contribution in [2.24, 2.45) is 16.6 Å². The summed E-state index contributed by atoms with van der Waals surface area (Å²) in [5, 5.41) is 20.4. The number of nitriles is 2. The topological polar surface area (TPSA) is 106 Å². The number of hydrogen-bond acceptors (Lipinski definition) is 5.